The van der Waals surface area contributed by atoms with Crippen molar-refractivity contribution in [3.05, 3.63) is 63.9 Å². The minimum absolute atomic E-state index is 0.150. The van der Waals surface area contributed by atoms with E-state index in [4.69, 9.17) is 11.6 Å². The standard InChI is InChI=1S/C17H11ClF3NO4/c1-8(23)22-9-2-3-10(13(19)4-9)16(24)7-26-17(25)11-5-14(20)15(21)6-12(11)18/h2-6H,7H2,1H3,(H,22,23). The minimum atomic E-state index is -1.31. The van der Waals surface area contributed by atoms with Crippen LogP contribution in [-0.2, 0) is 9.53 Å². The van der Waals surface area contributed by atoms with Gasteiger partial charge < -0.3 is 10.1 Å². The Balaban J connectivity index is 2.08. The lowest BCUT2D eigenvalue weighted by Gasteiger charge is -2.08. The molecule has 9 heteroatoms. The molecule has 0 aromatic heterocycles. The molecule has 0 radical (unpaired) electrons. The van der Waals surface area contributed by atoms with Crippen LogP contribution in [0.1, 0.15) is 27.6 Å². The number of carbonyl (C=O) groups excluding carboxylic acids is 3. The second-order valence-corrected chi connectivity index (χ2v) is 5.53. The van der Waals surface area contributed by atoms with Crippen molar-refractivity contribution in [3.63, 3.8) is 0 Å². The third kappa shape index (κ3) is 4.60. The lowest BCUT2D eigenvalue weighted by atomic mass is 10.1. The Morgan fingerprint density at radius 2 is 1.65 bits per heavy atom. The Labute approximate surface area is 150 Å². The number of halogens is 4. The third-order valence-corrected chi connectivity index (χ3v) is 3.47. The van der Waals surface area contributed by atoms with Crippen LogP contribution < -0.4 is 5.32 Å². The summed E-state index contributed by atoms with van der Waals surface area (Å²) in [5, 5.41) is 1.95. The molecule has 0 atom stereocenters. The number of amides is 1. The van der Waals surface area contributed by atoms with Crippen molar-refractivity contribution >= 4 is 34.9 Å². The van der Waals surface area contributed by atoms with Gasteiger partial charge in [0.15, 0.2) is 18.2 Å². The largest absolute Gasteiger partial charge is 0.454 e. The Morgan fingerprint density at radius 3 is 2.27 bits per heavy atom. The van der Waals surface area contributed by atoms with Gasteiger partial charge in [-0.15, -0.1) is 0 Å². The molecule has 0 heterocycles. The van der Waals surface area contributed by atoms with E-state index in [9.17, 15) is 27.6 Å². The van der Waals surface area contributed by atoms with Gasteiger partial charge in [-0.3, -0.25) is 9.59 Å². The maximum absolute atomic E-state index is 13.9. The van der Waals surface area contributed by atoms with Crippen LogP contribution in [0.15, 0.2) is 30.3 Å². The molecule has 0 aliphatic heterocycles. The van der Waals surface area contributed by atoms with E-state index in [2.05, 4.69) is 10.1 Å². The third-order valence-electron chi connectivity index (χ3n) is 3.15. The molecular formula is C17H11ClF3NO4. The maximum atomic E-state index is 13.9. The van der Waals surface area contributed by atoms with E-state index in [0.717, 1.165) is 12.1 Å². The summed E-state index contributed by atoms with van der Waals surface area (Å²) in [5.41, 5.74) is -0.694. The van der Waals surface area contributed by atoms with Crippen LogP contribution in [0, 0.1) is 17.5 Å². The molecule has 2 rings (SSSR count). The van der Waals surface area contributed by atoms with Crippen molar-refractivity contribution in [2.24, 2.45) is 0 Å². The monoisotopic (exact) mass is 385 g/mol. The van der Waals surface area contributed by atoms with E-state index >= 15 is 0 Å². The van der Waals surface area contributed by atoms with Gasteiger partial charge in [0.25, 0.3) is 0 Å². The first-order valence-corrected chi connectivity index (χ1v) is 7.49. The van der Waals surface area contributed by atoms with E-state index in [1.165, 1.54) is 13.0 Å². The van der Waals surface area contributed by atoms with Crippen molar-refractivity contribution < 1.29 is 32.3 Å². The molecule has 1 N–H and O–H groups in total. The number of carbonyl (C=O) groups is 3. The van der Waals surface area contributed by atoms with Crippen molar-refractivity contribution in [3.8, 4) is 0 Å². The van der Waals surface area contributed by atoms with Crippen LogP contribution >= 0.6 is 11.6 Å². The van der Waals surface area contributed by atoms with Gasteiger partial charge in [-0.25, -0.2) is 18.0 Å². The van der Waals surface area contributed by atoms with E-state index < -0.39 is 52.3 Å². The fraction of sp³-hybridized carbons (Fsp3) is 0.118. The quantitative estimate of drug-likeness (QED) is 0.483. The minimum Gasteiger partial charge on any atom is -0.454 e. The molecule has 0 saturated carbocycles. The number of ketones is 1. The molecule has 5 nitrogen and oxygen atoms in total. The van der Waals surface area contributed by atoms with Gasteiger partial charge in [0.1, 0.15) is 5.82 Å². The average Bonchev–Trinajstić information content (AvgIpc) is 2.55. The number of rotatable bonds is 5. The normalized spacial score (nSPS) is 10.3. The lowest BCUT2D eigenvalue weighted by molar-refractivity contribution is -0.114. The van der Waals surface area contributed by atoms with E-state index in [-0.39, 0.29) is 11.3 Å². The zero-order valence-electron chi connectivity index (χ0n) is 13.2. The highest BCUT2D eigenvalue weighted by Gasteiger charge is 2.19. The summed E-state index contributed by atoms with van der Waals surface area (Å²) < 4.78 is 44.8. The van der Waals surface area contributed by atoms with Crippen LogP contribution in [0.4, 0.5) is 18.9 Å². The zero-order valence-corrected chi connectivity index (χ0v) is 14.0. The first-order valence-electron chi connectivity index (χ1n) is 7.11. The second kappa shape index (κ2) is 8.01. The zero-order chi connectivity index (χ0) is 19.4. The summed E-state index contributed by atoms with van der Waals surface area (Å²) >= 11 is 5.63. The first kappa shape index (κ1) is 19.5. The number of Topliss-reactive ketones (excluding diaryl/α,β-unsaturated/α-hetero) is 1. The van der Waals surface area contributed by atoms with Crippen molar-refractivity contribution in [2.75, 3.05) is 11.9 Å². The average molecular weight is 386 g/mol. The highest BCUT2D eigenvalue weighted by molar-refractivity contribution is 6.33. The number of esters is 1. The Kier molecular flexibility index (Phi) is 5.99. The molecule has 0 aliphatic carbocycles. The molecule has 0 spiro atoms. The second-order valence-electron chi connectivity index (χ2n) is 5.12. The van der Waals surface area contributed by atoms with Crippen molar-refractivity contribution in [1.29, 1.82) is 0 Å². The summed E-state index contributed by atoms with van der Waals surface area (Å²) in [6.07, 6.45) is 0. The molecule has 0 aliphatic rings. The Hall–Kier alpha value is -2.87. The number of anilines is 1. The topological polar surface area (TPSA) is 72.5 Å². The SMILES string of the molecule is CC(=O)Nc1ccc(C(=O)COC(=O)c2cc(F)c(F)cc2Cl)c(F)c1. The number of hydrogen-bond donors (Lipinski definition) is 1. The molecule has 2 aromatic carbocycles. The molecule has 136 valence electrons. The number of benzene rings is 2. The van der Waals surface area contributed by atoms with Gasteiger partial charge >= 0.3 is 5.97 Å². The number of ether oxygens (including phenoxy) is 1. The predicted molar refractivity (Wildman–Crippen MR) is 86.7 cm³/mol. The molecule has 0 saturated heterocycles. The Morgan fingerprint density at radius 1 is 1.00 bits per heavy atom. The molecule has 0 fully saturated rings. The fourth-order valence-corrected chi connectivity index (χ4v) is 2.22. The molecular weight excluding hydrogens is 375 g/mol. The highest BCUT2D eigenvalue weighted by atomic mass is 35.5. The molecule has 0 bridgehead atoms. The summed E-state index contributed by atoms with van der Waals surface area (Å²) in [5.74, 6) is -5.94. The van der Waals surface area contributed by atoms with Crippen LogP contribution in [0.25, 0.3) is 0 Å². The summed E-state index contributed by atoms with van der Waals surface area (Å²) in [7, 11) is 0. The van der Waals surface area contributed by atoms with Crippen molar-refractivity contribution in [2.45, 2.75) is 6.92 Å². The molecule has 0 unspecified atom stereocenters. The van der Waals surface area contributed by atoms with Crippen LogP contribution in [0.5, 0.6) is 0 Å². The molecule has 1 amide bonds. The fourth-order valence-electron chi connectivity index (χ4n) is 1.99. The van der Waals surface area contributed by atoms with Crippen LogP contribution in [0.2, 0.25) is 5.02 Å². The van der Waals surface area contributed by atoms with E-state index in [1.54, 1.807) is 0 Å². The Bertz CT molecular complexity index is 902. The predicted octanol–water partition coefficient (Wildman–Crippen LogP) is 3.76. The van der Waals surface area contributed by atoms with Crippen molar-refractivity contribution in [1.82, 2.24) is 0 Å². The molecule has 2 aromatic rings. The van der Waals surface area contributed by atoms with Gasteiger partial charge in [-0.1, -0.05) is 11.6 Å². The lowest BCUT2D eigenvalue weighted by Crippen LogP contribution is -2.16. The highest BCUT2D eigenvalue weighted by Crippen LogP contribution is 2.21. The van der Waals surface area contributed by atoms with Gasteiger partial charge in [-0.05, 0) is 30.3 Å². The van der Waals surface area contributed by atoms with Crippen LogP contribution in [-0.4, -0.2) is 24.3 Å². The van der Waals surface area contributed by atoms with E-state index in [0.29, 0.717) is 12.1 Å². The number of nitrogens with one attached hydrogen (secondary N) is 1. The summed E-state index contributed by atoms with van der Waals surface area (Å²) in [4.78, 5) is 34.7. The summed E-state index contributed by atoms with van der Waals surface area (Å²) in [6, 6.07) is 4.47. The van der Waals surface area contributed by atoms with Gasteiger partial charge in [0.05, 0.1) is 16.1 Å². The number of hydrogen-bond acceptors (Lipinski definition) is 4. The van der Waals surface area contributed by atoms with Gasteiger partial charge in [0, 0.05) is 12.6 Å². The van der Waals surface area contributed by atoms with E-state index in [1.807, 2.05) is 0 Å². The summed E-state index contributed by atoms with van der Waals surface area (Å²) in [6.45, 7) is 0.393. The first-order chi connectivity index (χ1) is 12.2. The van der Waals surface area contributed by atoms with Gasteiger partial charge in [0.2, 0.25) is 11.7 Å². The molecule has 26 heavy (non-hydrogen) atoms. The smallest absolute Gasteiger partial charge is 0.340 e. The maximum Gasteiger partial charge on any atom is 0.340 e. The van der Waals surface area contributed by atoms with Gasteiger partial charge in [-0.2, -0.15) is 0 Å². The van der Waals surface area contributed by atoms with Crippen LogP contribution in [0.3, 0.4) is 0 Å².